The number of halogens is 1. The lowest BCUT2D eigenvalue weighted by molar-refractivity contribution is 0.184. The molecule has 1 heterocycles. The molecular weight excluding hydrogens is 770 g/mol. The van der Waals surface area contributed by atoms with Crippen LogP contribution in [0.2, 0.25) is 0 Å². The van der Waals surface area contributed by atoms with E-state index in [1.807, 2.05) is 6.92 Å². The molecule has 3 aliphatic rings. The van der Waals surface area contributed by atoms with Gasteiger partial charge in [-0.15, -0.1) is 0 Å². The van der Waals surface area contributed by atoms with Crippen LogP contribution in [0.5, 0.6) is 11.5 Å². The first kappa shape index (κ1) is 45.0. The van der Waals surface area contributed by atoms with Crippen LogP contribution in [0.25, 0.3) is 5.57 Å². The second kappa shape index (κ2) is 18.4. The van der Waals surface area contributed by atoms with Crippen molar-refractivity contribution in [3.05, 3.63) is 134 Å². The number of likely N-dealkylation sites (N-methyl/N-ethyl adjacent to an activating group) is 1. The quantitative estimate of drug-likeness (QED) is 0.180. The third-order valence-electron chi connectivity index (χ3n) is 11.6. The predicted molar refractivity (Wildman–Crippen MR) is 237 cm³/mol. The molecule has 10 heteroatoms. The van der Waals surface area contributed by atoms with Gasteiger partial charge in [-0.05, 0) is 127 Å². The first-order valence-corrected chi connectivity index (χ1v) is 21.7. The largest absolute Gasteiger partial charge is 0.497 e. The molecule has 3 aromatic carbocycles. The highest BCUT2D eigenvalue weighted by molar-refractivity contribution is 7.85. The molecule has 0 unspecified atom stereocenters. The van der Waals surface area contributed by atoms with Gasteiger partial charge in [0.25, 0.3) is 10.1 Å². The highest BCUT2D eigenvalue weighted by Gasteiger charge is 2.41. The Hall–Kier alpha value is -4.12. The average Bonchev–Trinajstić information content (AvgIpc) is 3.55. The number of fused-ring (bicyclic) bond motifs is 2. The molecule has 0 saturated carbocycles. The fourth-order valence-electron chi connectivity index (χ4n) is 8.59. The van der Waals surface area contributed by atoms with Crippen molar-refractivity contribution in [3.8, 4) is 11.5 Å². The molecule has 3 aromatic rings. The van der Waals surface area contributed by atoms with Crippen molar-refractivity contribution in [1.29, 1.82) is 0 Å². The number of nitrogens with zero attached hydrogens (tertiary/aromatic N) is 1. The molecule has 0 saturated heterocycles. The molecule has 58 heavy (non-hydrogen) atoms. The summed E-state index contributed by atoms with van der Waals surface area (Å²) in [4.78, 5) is 2.36. The number of anilines is 1. The maximum Gasteiger partial charge on any atom is 0.294 e. The lowest BCUT2D eigenvalue weighted by Gasteiger charge is -2.26. The Balaban J connectivity index is 0.000000503. The number of aryl methyl sites for hydroxylation is 1. The summed E-state index contributed by atoms with van der Waals surface area (Å²) in [5.41, 5.74) is 14.3. The summed E-state index contributed by atoms with van der Waals surface area (Å²) in [6.45, 7) is 17.4. The van der Waals surface area contributed by atoms with E-state index >= 15 is 0 Å². The van der Waals surface area contributed by atoms with Crippen LogP contribution in [0.1, 0.15) is 101 Å². The van der Waals surface area contributed by atoms with E-state index in [0.29, 0.717) is 13.2 Å². The standard InChI is InChI=1S/C41H52ClNO4.C7H8O3S/c1-11-32-33(40(3,4)34-22-30(46-9)20-28(24-44-7)37(32)34)18-16-26-14-13-15-27(38(26)42)17-19-36-41(5,6)35-23-31(47-10)21-29(25-45-8)39(35)43(36)12-2;1-6-2-4-7(5-3-6)11(8,9)10/h16-23H,11-15,24-25H2,1-10H3;2-5H,1H3,(H,8,9,10)/b18-16+,27-17?,36-19-;. The van der Waals surface area contributed by atoms with Gasteiger partial charge in [-0.3, -0.25) is 4.55 Å². The third-order valence-corrected chi connectivity index (χ3v) is 13.0. The summed E-state index contributed by atoms with van der Waals surface area (Å²) in [5, 5.41) is 0.871. The topological polar surface area (TPSA) is 94.5 Å². The predicted octanol–water partition coefficient (Wildman–Crippen LogP) is 11.6. The van der Waals surface area contributed by atoms with Crippen LogP contribution in [-0.2, 0) is 43.6 Å². The molecule has 312 valence electrons. The third kappa shape index (κ3) is 9.04. The molecule has 6 rings (SSSR count). The van der Waals surface area contributed by atoms with E-state index in [1.165, 1.54) is 68.1 Å². The Labute approximate surface area is 351 Å². The van der Waals surface area contributed by atoms with Gasteiger partial charge in [0.15, 0.2) is 0 Å². The zero-order valence-corrected chi connectivity index (χ0v) is 37.6. The van der Waals surface area contributed by atoms with Crippen molar-refractivity contribution in [2.45, 2.75) is 103 Å². The molecule has 0 spiro atoms. The minimum Gasteiger partial charge on any atom is -0.497 e. The van der Waals surface area contributed by atoms with Gasteiger partial charge in [-0.25, -0.2) is 0 Å². The molecule has 1 aliphatic heterocycles. The Morgan fingerprint density at radius 1 is 0.810 bits per heavy atom. The number of hydrogen-bond donors (Lipinski definition) is 1. The van der Waals surface area contributed by atoms with Crippen LogP contribution in [0.4, 0.5) is 5.69 Å². The van der Waals surface area contributed by atoms with Gasteiger partial charge < -0.3 is 23.8 Å². The Morgan fingerprint density at radius 3 is 1.98 bits per heavy atom. The number of hydrogen-bond acceptors (Lipinski definition) is 7. The number of methoxy groups -OCH3 is 4. The first-order chi connectivity index (χ1) is 27.5. The maximum atomic E-state index is 10.5. The highest BCUT2D eigenvalue weighted by atomic mass is 35.5. The zero-order valence-electron chi connectivity index (χ0n) is 36.0. The van der Waals surface area contributed by atoms with Crippen LogP contribution >= 0.6 is 11.6 Å². The minimum absolute atomic E-state index is 0.0666. The molecule has 0 bridgehead atoms. The van der Waals surface area contributed by atoms with E-state index in [-0.39, 0.29) is 15.7 Å². The maximum absolute atomic E-state index is 10.5. The lowest BCUT2D eigenvalue weighted by atomic mass is 9.80. The average molecular weight is 831 g/mol. The second-order valence-electron chi connectivity index (χ2n) is 16.1. The zero-order chi connectivity index (χ0) is 42.6. The van der Waals surface area contributed by atoms with Gasteiger partial charge >= 0.3 is 0 Å². The summed E-state index contributed by atoms with van der Waals surface area (Å²) in [6.07, 6.45) is 13.1. The first-order valence-electron chi connectivity index (χ1n) is 19.9. The molecule has 1 N–H and O–H groups in total. The highest BCUT2D eigenvalue weighted by Crippen LogP contribution is 2.52. The molecule has 0 aromatic heterocycles. The van der Waals surface area contributed by atoms with E-state index in [0.717, 1.165) is 59.9 Å². The van der Waals surface area contributed by atoms with Crippen molar-refractivity contribution in [2.24, 2.45) is 0 Å². The van der Waals surface area contributed by atoms with Crippen LogP contribution in [0.15, 0.2) is 105 Å². The normalized spacial score (nSPS) is 18.5. The summed E-state index contributed by atoms with van der Waals surface area (Å²) >= 11 is 7.23. The molecule has 0 amide bonds. The van der Waals surface area contributed by atoms with Crippen LogP contribution in [0.3, 0.4) is 0 Å². The number of rotatable bonds is 12. The van der Waals surface area contributed by atoms with Gasteiger partial charge in [0.1, 0.15) is 11.5 Å². The van der Waals surface area contributed by atoms with Crippen LogP contribution in [-0.4, -0.2) is 48.0 Å². The van der Waals surface area contributed by atoms with Crippen LogP contribution in [0, 0.1) is 6.92 Å². The molecule has 0 fully saturated rings. The smallest absolute Gasteiger partial charge is 0.294 e. The second-order valence-corrected chi connectivity index (χ2v) is 17.9. The summed E-state index contributed by atoms with van der Waals surface area (Å²) < 4.78 is 52.2. The van der Waals surface area contributed by atoms with Gasteiger partial charge in [0, 0.05) is 47.9 Å². The number of allylic oxidation sites excluding steroid dienone is 10. The van der Waals surface area contributed by atoms with E-state index in [4.69, 9.17) is 35.1 Å². The molecule has 8 nitrogen and oxygen atoms in total. The van der Waals surface area contributed by atoms with Crippen molar-refractivity contribution in [2.75, 3.05) is 39.9 Å². The van der Waals surface area contributed by atoms with E-state index in [1.54, 1.807) is 40.6 Å². The van der Waals surface area contributed by atoms with Crippen molar-refractivity contribution < 1.29 is 31.9 Å². The minimum atomic E-state index is -4.02. The van der Waals surface area contributed by atoms with Gasteiger partial charge in [0.05, 0.1) is 38.0 Å². The summed E-state index contributed by atoms with van der Waals surface area (Å²) in [6, 6.07) is 14.6. The van der Waals surface area contributed by atoms with Crippen molar-refractivity contribution in [3.63, 3.8) is 0 Å². The van der Waals surface area contributed by atoms with Gasteiger partial charge in [-0.2, -0.15) is 8.42 Å². The Morgan fingerprint density at radius 2 is 1.41 bits per heavy atom. The van der Waals surface area contributed by atoms with Crippen molar-refractivity contribution in [1.82, 2.24) is 0 Å². The van der Waals surface area contributed by atoms with E-state index in [9.17, 15) is 8.42 Å². The van der Waals surface area contributed by atoms with E-state index < -0.39 is 10.1 Å². The summed E-state index contributed by atoms with van der Waals surface area (Å²) in [7, 11) is 2.94. The molecule has 2 aliphatic carbocycles. The Bertz CT molecular complexity index is 2280. The lowest BCUT2D eigenvalue weighted by Crippen LogP contribution is -2.26. The summed E-state index contributed by atoms with van der Waals surface area (Å²) in [5.74, 6) is 1.73. The number of benzene rings is 3. The Kier molecular flexibility index (Phi) is 14.3. The molecule has 0 atom stereocenters. The van der Waals surface area contributed by atoms with E-state index in [2.05, 4.69) is 95.0 Å². The monoisotopic (exact) mass is 829 g/mol. The van der Waals surface area contributed by atoms with Gasteiger partial charge in [0.2, 0.25) is 0 Å². The van der Waals surface area contributed by atoms with Gasteiger partial charge in [-0.1, -0.05) is 82.1 Å². The molecular formula is C48H60ClNO7S. The molecule has 0 radical (unpaired) electrons. The van der Waals surface area contributed by atoms with Crippen molar-refractivity contribution >= 4 is 33.0 Å². The SMILES string of the molecule is CCC1=C(/C=C/C2=C(Cl)C(=C/C=C3\N(CC)c4c(COC)cc(OC)cc4C3(C)C)CCC2)C(C)(C)c2cc(OC)cc(COC)c21.Cc1ccc(S(=O)(=O)O)cc1. The fraction of sp³-hybridized carbons (Fsp3) is 0.417. The number of ether oxygens (including phenoxy) is 4. The fourth-order valence-corrected chi connectivity index (χ4v) is 9.39. The van der Waals surface area contributed by atoms with Crippen LogP contribution < -0.4 is 14.4 Å².